The predicted octanol–water partition coefficient (Wildman–Crippen LogP) is 3.15. The van der Waals surface area contributed by atoms with Gasteiger partial charge in [0, 0.05) is 19.6 Å². The van der Waals surface area contributed by atoms with Gasteiger partial charge in [-0.3, -0.25) is 9.79 Å². The number of halogens is 1. The summed E-state index contributed by atoms with van der Waals surface area (Å²) in [6, 6.07) is 0.375. The molecule has 1 unspecified atom stereocenters. The highest BCUT2D eigenvalue weighted by Gasteiger charge is 2.26. The van der Waals surface area contributed by atoms with Crippen molar-refractivity contribution in [2.75, 3.05) is 20.1 Å². The van der Waals surface area contributed by atoms with E-state index in [1.54, 1.807) is 7.05 Å². The first-order valence-corrected chi connectivity index (χ1v) is 8.50. The largest absolute Gasteiger partial charge is 0.359 e. The van der Waals surface area contributed by atoms with E-state index < -0.39 is 5.41 Å². The summed E-state index contributed by atoms with van der Waals surface area (Å²) in [7, 11) is 1.66. The van der Waals surface area contributed by atoms with Crippen LogP contribution in [-0.4, -0.2) is 38.0 Å². The van der Waals surface area contributed by atoms with Crippen molar-refractivity contribution in [2.45, 2.75) is 66.8 Å². The molecule has 6 heteroatoms. The molecule has 0 aromatic heterocycles. The average molecular weight is 440 g/mol. The summed E-state index contributed by atoms with van der Waals surface area (Å²) >= 11 is 0. The van der Waals surface area contributed by atoms with E-state index in [4.69, 9.17) is 0 Å². The van der Waals surface area contributed by atoms with E-state index in [-0.39, 0.29) is 29.9 Å². The van der Waals surface area contributed by atoms with Crippen LogP contribution in [0.3, 0.4) is 0 Å². The Hall–Kier alpha value is -0.530. The van der Waals surface area contributed by atoms with Gasteiger partial charge in [-0.25, -0.2) is 0 Å². The monoisotopic (exact) mass is 440 g/mol. The molecular weight excluding hydrogens is 403 g/mol. The fourth-order valence-electron chi connectivity index (χ4n) is 2.14. The van der Waals surface area contributed by atoms with Crippen molar-refractivity contribution in [2.24, 2.45) is 16.3 Å². The minimum absolute atomic E-state index is 0. The third-order valence-electron chi connectivity index (χ3n) is 3.62. The predicted molar refractivity (Wildman–Crippen MR) is 111 cm³/mol. The number of nitrogens with one attached hydrogen (secondary N) is 3. The second-order valence-electron chi connectivity index (χ2n) is 7.03. The minimum Gasteiger partial charge on any atom is -0.359 e. The molecule has 138 valence electrons. The molecule has 0 rings (SSSR count). The summed E-state index contributed by atoms with van der Waals surface area (Å²) in [5.41, 5.74) is -0.502. The Morgan fingerprint density at radius 1 is 1.17 bits per heavy atom. The van der Waals surface area contributed by atoms with E-state index in [9.17, 15) is 4.79 Å². The Labute approximate surface area is 159 Å². The summed E-state index contributed by atoms with van der Waals surface area (Å²) in [5.74, 6) is 1.55. The van der Waals surface area contributed by atoms with Gasteiger partial charge in [0.2, 0.25) is 5.91 Å². The molecule has 23 heavy (non-hydrogen) atoms. The Bertz CT molecular complexity index is 357. The van der Waals surface area contributed by atoms with Crippen LogP contribution in [0, 0.1) is 11.3 Å². The summed E-state index contributed by atoms with van der Waals surface area (Å²) < 4.78 is 0. The van der Waals surface area contributed by atoms with Crippen molar-refractivity contribution in [1.29, 1.82) is 0 Å². The molecule has 1 amide bonds. The zero-order valence-electron chi connectivity index (χ0n) is 16.0. The Balaban J connectivity index is 0. The fourth-order valence-corrected chi connectivity index (χ4v) is 2.14. The van der Waals surface area contributed by atoms with Crippen molar-refractivity contribution < 1.29 is 4.79 Å². The number of amides is 1. The number of carbonyl (C=O) groups is 1. The van der Waals surface area contributed by atoms with Gasteiger partial charge < -0.3 is 16.0 Å². The van der Waals surface area contributed by atoms with Crippen LogP contribution in [0.15, 0.2) is 4.99 Å². The molecule has 5 nitrogen and oxygen atoms in total. The van der Waals surface area contributed by atoms with Gasteiger partial charge in [-0.05, 0) is 40.0 Å². The van der Waals surface area contributed by atoms with Crippen LogP contribution in [0.4, 0.5) is 0 Å². The lowest BCUT2D eigenvalue weighted by Gasteiger charge is -2.22. The van der Waals surface area contributed by atoms with Crippen LogP contribution in [0.25, 0.3) is 0 Å². The van der Waals surface area contributed by atoms with Crippen LogP contribution >= 0.6 is 24.0 Å². The number of guanidine groups is 1. The molecule has 0 saturated carbocycles. The van der Waals surface area contributed by atoms with Gasteiger partial charge in [-0.1, -0.05) is 26.7 Å². The third kappa shape index (κ3) is 11.6. The number of rotatable bonds is 9. The summed E-state index contributed by atoms with van der Waals surface area (Å²) in [5, 5.41) is 9.37. The van der Waals surface area contributed by atoms with Crippen LogP contribution in [-0.2, 0) is 4.79 Å². The topological polar surface area (TPSA) is 65.5 Å². The molecule has 3 N–H and O–H groups in total. The van der Waals surface area contributed by atoms with Crippen LogP contribution in [0.2, 0.25) is 0 Å². The van der Waals surface area contributed by atoms with Crippen molar-refractivity contribution in [3.05, 3.63) is 0 Å². The zero-order chi connectivity index (χ0) is 17.2. The van der Waals surface area contributed by atoms with Crippen molar-refractivity contribution >= 4 is 35.8 Å². The van der Waals surface area contributed by atoms with Crippen LogP contribution in [0.5, 0.6) is 0 Å². The highest BCUT2D eigenvalue weighted by molar-refractivity contribution is 14.0. The van der Waals surface area contributed by atoms with Crippen molar-refractivity contribution in [3.63, 3.8) is 0 Å². The van der Waals surface area contributed by atoms with Gasteiger partial charge in [-0.15, -0.1) is 24.0 Å². The van der Waals surface area contributed by atoms with Crippen LogP contribution in [0.1, 0.15) is 60.8 Å². The molecule has 0 bridgehead atoms. The smallest absolute Gasteiger partial charge is 0.227 e. The minimum atomic E-state index is -0.502. The lowest BCUT2D eigenvalue weighted by Crippen LogP contribution is -2.44. The van der Waals surface area contributed by atoms with E-state index in [1.807, 2.05) is 20.8 Å². The molecule has 0 aromatic rings. The lowest BCUT2D eigenvalue weighted by atomic mass is 9.93. The highest BCUT2D eigenvalue weighted by atomic mass is 127. The number of hydrogen-bond donors (Lipinski definition) is 3. The highest BCUT2D eigenvalue weighted by Crippen LogP contribution is 2.15. The van der Waals surface area contributed by atoms with Gasteiger partial charge in [0.15, 0.2) is 5.96 Å². The van der Waals surface area contributed by atoms with Crippen LogP contribution < -0.4 is 16.0 Å². The van der Waals surface area contributed by atoms with E-state index in [2.05, 4.69) is 41.7 Å². The SMILES string of the molecule is CCNC(=NCC(C)(C)C(=O)NC)NC(C)CCCC(C)C.I. The summed E-state index contributed by atoms with van der Waals surface area (Å²) in [6.45, 7) is 13.8. The molecule has 0 radical (unpaired) electrons. The maximum atomic E-state index is 11.8. The first-order valence-electron chi connectivity index (χ1n) is 8.50. The maximum Gasteiger partial charge on any atom is 0.227 e. The zero-order valence-corrected chi connectivity index (χ0v) is 18.3. The fraction of sp³-hybridized carbons (Fsp3) is 0.882. The van der Waals surface area contributed by atoms with E-state index >= 15 is 0 Å². The van der Waals surface area contributed by atoms with Gasteiger partial charge in [0.25, 0.3) is 0 Å². The third-order valence-corrected chi connectivity index (χ3v) is 3.62. The first-order chi connectivity index (χ1) is 10.2. The average Bonchev–Trinajstić information content (AvgIpc) is 2.43. The number of nitrogens with zero attached hydrogens (tertiary/aromatic N) is 1. The lowest BCUT2D eigenvalue weighted by molar-refractivity contribution is -0.128. The first kappa shape index (κ1) is 24.7. The maximum absolute atomic E-state index is 11.8. The van der Waals surface area contributed by atoms with E-state index in [0.717, 1.165) is 24.8 Å². The van der Waals surface area contributed by atoms with Gasteiger partial charge in [-0.2, -0.15) is 0 Å². The molecule has 0 saturated heterocycles. The molecule has 0 heterocycles. The Morgan fingerprint density at radius 3 is 2.26 bits per heavy atom. The molecule has 0 aliphatic rings. The quantitative estimate of drug-likeness (QED) is 0.293. The molecule has 0 aliphatic carbocycles. The number of carbonyl (C=O) groups excluding carboxylic acids is 1. The Morgan fingerprint density at radius 2 is 1.78 bits per heavy atom. The molecular formula is C17H37IN4O. The van der Waals surface area contributed by atoms with Crippen molar-refractivity contribution in [3.8, 4) is 0 Å². The van der Waals surface area contributed by atoms with Gasteiger partial charge in [0.1, 0.15) is 0 Å². The normalized spacial score (nSPS) is 13.3. The molecule has 0 aromatic carbocycles. The second kappa shape index (κ2) is 12.8. The molecule has 1 atom stereocenters. The number of hydrogen-bond acceptors (Lipinski definition) is 2. The summed E-state index contributed by atoms with van der Waals surface area (Å²) in [6.07, 6.45) is 3.60. The molecule has 0 fully saturated rings. The summed E-state index contributed by atoms with van der Waals surface area (Å²) in [4.78, 5) is 16.4. The van der Waals surface area contributed by atoms with E-state index in [1.165, 1.54) is 12.8 Å². The Kier molecular flexibility index (Phi) is 13.8. The second-order valence-corrected chi connectivity index (χ2v) is 7.03. The van der Waals surface area contributed by atoms with Gasteiger partial charge >= 0.3 is 0 Å². The van der Waals surface area contributed by atoms with E-state index in [0.29, 0.717) is 12.6 Å². The molecule has 0 spiro atoms. The van der Waals surface area contributed by atoms with Gasteiger partial charge in [0.05, 0.1) is 12.0 Å². The standard InChI is InChI=1S/C17H36N4O.HI/c1-8-19-16(20-12-17(5,6)15(22)18-7)21-14(4)11-9-10-13(2)3;/h13-14H,8-12H2,1-7H3,(H,18,22)(H2,19,20,21);1H. The molecule has 0 aliphatic heterocycles. The van der Waals surface area contributed by atoms with Crippen molar-refractivity contribution in [1.82, 2.24) is 16.0 Å². The number of aliphatic imine (C=N–C) groups is 1.